The number of hydrogen-bond donors (Lipinski definition) is 2. The molecule has 25 heavy (non-hydrogen) atoms. The van der Waals surface area contributed by atoms with Crippen molar-refractivity contribution in [3.8, 4) is 0 Å². The highest BCUT2D eigenvalue weighted by Gasteiger charge is 2.14. The largest absolute Gasteiger partial charge is 0.361 e. The molecule has 0 saturated heterocycles. The van der Waals surface area contributed by atoms with Crippen molar-refractivity contribution in [1.82, 2.24) is 10.3 Å². The van der Waals surface area contributed by atoms with E-state index < -0.39 is 0 Å². The van der Waals surface area contributed by atoms with Gasteiger partial charge in [-0.25, -0.2) is 0 Å². The summed E-state index contributed by atoms with van der Waals surface area (Å²) in [6.07, 6.45) is 11.0. The lowest BCUT2D eigenvalue weighted by atomic mass is 9.93. The molecule has 0 bridgehead atoms. The Hall–Kier alpha value is -2.58. The highest BCUT2D eigenvalue weighted by molar-refractivity contribution is 5.88. The fourth-order valence-electron chi connectivity index (χ4n) is 3.63. The van der Waals surface area contributed by atoms with Gasteiger partial charge in [-0.3, -0.25) is 0 Å². The minimum atomic E-state index is 0.502. The Morgan fingerprint density at radius 2 is 2.04 bits per heavy atom. The van der Waals surface area contributed by atoms with Gasteiger partial charge in [0.2, 0.25) is 0 Å². The molecule has 1 unspecified atom stereocenters. The van der Waals surface area contributed by atoms with Gasteiger partial charge in [0.15, 0.2) is 0 Å². The lowest BCUT2D eigenvalue weighted by molar-refractivity contribution is 0.542. The van der Waals surface area contributed by atoms with Crippen molar-refractivity contribution in [2.75, 3.05) is 6.54 Å². The van der Waals surface area contributed by atoms with Crippen LogP contribution in [0.5, 0.6) is 0 Å². The van der Waals surface area contributed by atoms with Gasteiger partial charge in [0, 0.05) is 29.7 Å². The maximum Gasteiger partial charge on any atom is 0.0459 e. The Labute approximate surface area is 149 Å². The molecule has 126 valence electrons. The molecule has 2 nitrogen and oxygen atoms in total. The first-order chi connectivity index (χ1) is 12.3. The van der Waals surface area contributed by atoms with Crippen LogP contribution < -0.4 is 5.32 Å². The minimum absolute atomic E-state index is 0.502. The normalized spacial score (nSPS) is 18.0. The number of aromatic nitrogens is 1. The van der Waals surface area contributed by atoms with Crippen LogP contribution >= 0.6 is 0 Å². The summed E-state index contributed by atoms with van der Waals surface area (Å²) in [6, 6.07) is 17.9. The van der Waals surface area contributed by atoms with Gasteiger partial charge >= 0.3 is 0 Å². The van der Waals surface area contributed by atoms with Gasteiger partial charge in [0.05, 0.1) is 0 Å². The Morgan fingerprint density at radius 3 is 2.96 bits per heavy atom. The number of aromatic amines is 1. The Kier molecular flexibility index (Phi) is 4.53. The van der Waals surface area contributed by atoms with Gasteiger partial charge in [-0.2, -0.15) is 0 Å². The van der Waals surface area contributed by atoms with Crippen molar-refractivity contribution in [2.24, 2.45) is 0 Å². The third-order valence-electron chi connectivity index (χ3n) is 4.96. The second-order valence-corrected chi connectivity index (χ2v) is 6.83. The molecule has 2 heteroatoms. The van der Waals surface area contributed by atoms with Crippen LogP contribution in [0.4, 0.5) is 0 Å². The molecule has 2 heterocycles. The number of nitrogens with one attached hydrogen (secondary N) is 2. The van der Waals surface area contributed by atoms with Crippen LogP contribution in [0.25, 0.3) is 22.6 Å². The van der Waals surface area contributed by atoms with Crippen LogP contribution in [0.3, 0.4) is 0 Å². The highest BCUT2D eigenvalue weighted by Crippen LogP contribution is 2.25. The molecule has 0 radical (unpaired) electrons. The Morgan fingerprint density at radius 1 is 1.12 bits per heavy atom. The van der Waals surface area contributed by atoms with Crippen LogP contribution in [0, 0.1) is 6.92 Å². The molecule has 0 fully saturated rings. The first-order valence-corrected chi connectivity index (χ1v) is 9.02. The number of benzene rings is 2. The van der Waals surface area contributed by atoms with Crippen molar-refractivity contribution in [2.45, 2.75) is 25.8 Å². The summed E-state index contributed by atoms with van der Waals surface area (Å²) in [5.41, 5.74) is 6.64. The van der Waals surface area contributed by atoms with E-state index in [1.54, 1.807) is 0 Å². The minimum Gasteiger partial charge on any atom is -0.361 e. The number of rotatable bonds is 4. The van der Waals surface area contributed by atoms with Gasteiger partial charge in [0.1, 0.15) is 0 Å². The summed E-state index contributed by atoms with van der Waals surface area (Å²) < 4.78 is 0. The lowest BCUT2D eigenvalue weighted by Crippen LogP contribution is -2.32. The number of hydrogen-bond acceptors (Lipinski definition) is 1. The van der Waals surface area contributed by atoms with E-state index in [0.29, 0.717) is 6.04 Å². The standard InChI is InChI=1S/C23H24N2/c1-17-5-2-8-19(15-17)20-11-13-24-21(16-20)9-3-6-18-7-4-10-23-22(18)12-14-25-23/h2-8,10-12,14-15,21,24-25H,9,13,16H2,1H3/b6-3+. The summed E-state index contributed by atoms with van der Waals surface area (Å²) in [7, 11) is 0. The fraction of sp³-hybridized carbons (Fsp3) is 0.217. The average molecular weight is 328 g/mol. The van der Waals surface area contributed by atoms with E-state index in [0.717, 1.165) is 19.4 Å². The fourth-order valence-corrected chi connectivity index (χ4v) is 3.63. The van der Waals surface area contributed by atoms with E-state index in [1.165, 1.54) is 33.2 Å². The van der Waals surface area contributed by atoms with E-state index in [1.807, 2.05) is 6.20 Å². The lowest BCUT2D eigenvalue weighted by Gasteiger charge is -2.23. The number of aryl methyl sites for hydroxylation is 1. The first kappa shape index (κ1) is 15.9. The third-order valence-corrected chi connectivity index (χ3v) is 4.96. The van der Waals surface area contributed by atoms with Crippen molar-refractivity contribution >= 4 is 22.6 Å². The van der Waals surface area contributed by atoms with E-state index in [9.17, 15) is 0 Å². The zero-order valence-corrected chi connectivity index (χ0v) is 14.6. The van der Waals surface area contributed by atoms with Gasteiger partial charge in [-0.15, -0.1) is 0 Å². The number of H-pyrrole nitrogens is 1. The molecule has 0 spiro atoms. The van der Waals surface area contributed by atoms with Crippen molar-refractivity contribution in [3.63, 3.8) is 0 Å². The molecule has 2 aromatic carbocycles. The summed E-state index contributed by atoms with van der Waals surface area (Å²) in [6.45, 7) is 3.11. The Balaban J connectivity index is 1.43. The molecule has 0 aliphatic carbocycles. The quantitative estimate of drug-likeness (QED) is 0.666. The van der Waals surface area contributed by atoms with E-state index in [4.69, 9.17) is 0 Å². The molecule has 0 saturated carbocycles. The van der Waals surface area contributed by atoms with Crippen molar-refractivity contribution in [3.05, 3.63) is 83.6 Å². The van der Waals surface area contributed by atoms with Crippen molar-refractivity contribution in [1.29, 1.82) is 0 Å². The molecule has 2 N–H and O–H groups in total. The number of fused-ring (bicyclic) bond motifs is 1. The van der Waals surface area contributed by atoms with Crippen LogP contribution in [0.1, 0.15) is 29.5 Å². The third kappa shape index (κ3) is 3.59. The van der Waals surface area contributed by atoms with Gasteiger partial charge in [-0.05, 0) is 48.6 Å². The topological polar surface area (TPSA) is 27.8 Å². The second kappa shape index (κ2) is 7.12. The Bertz CT molecular complexity index is 930. The average Bonchev–Trinajstić information content (AvgIpc) is 3.12. The molecule has 4 rings (SSSR count). The molecular weight excluding hydrogens is 304 g/mol. The molecule has 1 aliphatic rings. The first-order valence-electron chi connectivity index (χ1n) is 9.02. The van der Waals surface area contributed by atoms with Crippen molar-refractivity contribution < 1.29 is 0 Å². The van der Waals surface area contributed by atoms with Gasteiger partial charge in [0.25, 0.3) is 0 Å². The SMILES string of the molecule is Cc1cccc(C2=CCNC(C/C=C/c3cccc4[nH]ccc34)C2)c1. The van der Waals surface area contributed by atoms with Gasteiger partial charge < -0.3 is 10.3 Å². The second-order valence-electron chi connectivity index (χ2n) is 6.83. The molecular formula is C23H24N2. The summed E-state index contributed by atoms with van der Waals surface area (Å²) in [5, 5.41) is 4.91. The van der Waals surface area contributed by atoms with Gasteiger partial charge in [-0.1, -0.05) is 60.2 Å². The predicted molar refractivity (Wildman–Crippen MR) is 108 cm³/mol. The van der Waals surface area contributed by atoms with E-state index in [-0.39, 0.29) is 0 Å². The molecule has 1 aromatic heterocycles. The maximum absolute atomic E-state index is 3.62. The zero-order chi connectivity index (χ0) is 17.1. The van der Waals surface area contributed by atoms with Crippen LogP contribution in [-0.4, -0.2) is 17.6 Å². The molecule has 0 amide bonds. The van der Waals surface area contributed by atoms with E-state index >= 15 is 0 Å². The summed E-state index contributed by atoms with van der Waals surface area (Å²) in [4.78, 5) is 3.27. The summed E-state index contributed by atoms with van der Waals surface area (Å²) in [5.74, 6) is 0. The smallest absolute Gasteiger partial charge is 0.0459 e. The molecule has 3 aromatic rings. The maximum atomic E-state index is 3.62. The summed E-state index contributed by atoms with van der Waals surface area (Å²) >= 11 is 0. The molecule has 1 aliphatic heterocycles. The monoisotopic (exact) mass is 328 g/mol. The predicted octanol–water partition coefficient (Wildman–Crippen LogP) is 5.33. The highest BCUT2D eigenvalue weighted by atomic mass is 14.9. The molecule has 1 atom stereocenters. The van der Waals surface area contributed by atoms with E-state index in [2.05, 4.69) is 84.0 Å². The van der Waals surface area contributed by atoms with Crippen LogP contribution in [0.15, 0.2) is 66.9 Å². The van der Waals surface area contributed by atoms with Crippen LogP contribution in [-0.2, 0) is 0 Å². The van der Waals surface area contributed by atoms with Crippen LogP contribution in [0.2, 0.25) is 0 Å². The zero-order valence-electron chi connectivity index (χ0n) is 14.6.